The molecule has 0 bridgehead atoms. The zero-order chi connectivity index (χ0) is 21.6. The van der Waals surface area contributed by atoms with Crippen LogP contribution in [0.25, 0.3) is 0 Å². The quantitative estimate of drug-likeness (QED) is 0.522. The zero-order valence-electron chi connectivity index (χ0n) is 16.9. The summed E-state index contributed by atoms with van der Waals surface area (Å²) in [5.41, 5.74) is 1.55. The number of esters is 1. The fourth-order valence-electron chi connectivity index (χ4n) is 2.38. The van der Waals surface area contributed by atoms with Gasteiger partial charge in [-0.05, 0) is 61.2 Å². The Bertz CT molecular complexity index is 981. The number of aryl methyl sites for hydroxylation is 2. The van der Waals surface area contributed by atoms with Crippen LogP contribution in [0.1, 0.15) is 35.3 Å². The Morgan fingerprint density at radius 3 is 2.31 bits per heavy atom. The normalized spacial score (nSPS) is 11.2. The summed E-state index contributed by atoms with van der Waals surface area (Å²) in [6.07, 6.45) is 0. The van der Waals surface area contributed by atoms with Gasteiger partial charge in [-0.3, -0.25) is 4.79 Å². The standard InChI is InChI=1S/C21H25NO6S/c1-14(2)12-22-20(23)13-27-21(24)17-7-9-18(10-8-17)28-29(25,26)19-11-15(3)5-6-16(19)4/h5-11,14H,12-13H2,1-4H3,(H,22,23). The Hall–Kier alpha value is -2.87. The maximum Gasteiger partial charge on any atom is 0.339 e. The minimum Gasteiger partial charge on any atom is -0.452 e. The lowest BCUT2D eigenvalue weighted by molar-refractivity contribution is -0.124. The number of hydrogen-bond donors (Lipinski definition) is 1. The van der Waals surface area contributed by atoms with Crippen LogP contribution in [0.15, 0.2) is 47.4 Å². The lowest BCUT2D eigenvalue weighted by atomic mass is 10.2. The fourth-order valence-corrected chi connectivity index (χ4v) is 3.63. The average Bonchev–Trinajstić information content (AvgIpc) is 2.66. The third-order valence-corrected chi connectivity index (χ3v) is 5.34. The summed E-state index contributed by atoms with van der Waals surface area (Å²) in [5.74, 6) is -0.709. The highest BCUT2D eigenvalue weighted by Crippen LogP contribution is 2.22. The number of ether oxygens (including phenoxy) is 1. The lowest BCUT2D eigenvalue weighted by Crippen LogP contribution is -2.31. The monoisotopic (exact) mass is 419 g/mol. The highest BCUT2D eigenvalue weighted by Gasteiger charge is 2.20. The van der Waals surface area contributed by atoms with Gasteiger partial charge in [-0.15, -0.1) is 0 Å². The van der Waals surface area contributed by atoms with Crippen molar-refractivity contribution in [3.05, 3.63) is 59.2 Å². The number of benzene rings is 2. The molecule has 2 aromatic carbocycles. The van der Waals surface area contributed by atoms with Crippen LogP contribution in [0.3, 0.4) is 0 Å². The number of carbonyl (C=O) groups excluding carboxylic acids is 2. The Morgan fingerprint density at radius 2 is 1.69 bits per heavy atom. The van der Waals surface area contributed by atoms with Crippen molar-refractivity contribution in [2.75, 3.05) is 13.2 Å². The molecule has 0 saturated heterocycles. The Morgan fingerprint density at radius 1 is 1.03 bits per heavy atom. The van der Waals surface area contributed by atoms with E-state index in [0.29, 0.717) is 18.0 Å². The van der Waals surface area contributed by atoms with Gasteiger partial charge in [0.05, 0.1) is 5.56 Å². The molecule has 0 atom stereocenters. The molecular formula is C21H25NO6S. The molecular weight excluding hydrogens is 394 g/mol. The molecule has 0 radical (unpaired) electrons. The summed E-state index contributed by atoms with van der Waals surface area (Å²) in [7, 11) is -4.00. The summed E-state index contributed by atoms with van der Waals surface area (Å²) in [4.78, 5) is 23.7. The van der Waals surface area contributed by atoms with Crippen molar-refractivity contribution in [2.24, 2.45) is 5.92 Å². The second kappa shape index (κ2) is 9.56. The molecule has 2 aromatic rings. The van der Waals surface area contributed by atoms with Crippen molar-refractivity contribution in [2.45, 2.75) is 32.6 Å². The predicted octanol–water partition coefficient (Wildman–Crippen LogP) is 3.00. The first-order valence-electron chi connectivity index (χ1n) is 9.14. The van der Waals surface area contributed by atoms with E-state index in [4.69, 9.17) is 8.92 Å². The van der Waals surface area contributed by atoms with Crippen LogP contribution in [0.2, 0.25) is 0 Å². The first-order valence-corrected chi connectivity index (χ1v) is 10.5. The predicted molar refractivity (Wildman–Crippen MR) is 108 cm³/mol. The van der Waals surface area contributed by atoms with Gasteiger partial charge >= 0.3 is 16.1 Å². The third-order valence-electron chi connectivity index (χ3n) is 3.95. The van der Waals surface area contributed by atoms with Crippen molar-refractivity contribution < 1.29 is 26.9 Å². The highest BCUT2D eigenvalue weighted by atomic mass is 32.2. The van der Waals surface area contributed by atoms with Gasteiger partial charge in [-0.25, -0.2) is 4.79 Å². The summed E-state index contributed by atoms with van der Waals surface area (Å²) < 4.78 is 35.2. The van der Waals surface area contributed by atoms with E-state index < -0.39 is 16.1 Å². The van der Waals surface area contributed by atoms with Crippen LogP contribution in [0.5, 0.6) is 5.75 Å². The highest BCUT2D eigenvalue weighted by molar-refractivity contribution is 7.87. The fraction of sp³-hybridized carbons (Fsp3) is 0.333. The second-order valence-electron chi connectivity index (χ2n) is 7.10. The third kappa shape index (κ3) is 6.60. The molecule has 0 saturated carbocycles. The topological polar surface area (TPSA) is 98.8 Å². The van der Waals surface area contributed by atoms with Crippen molar-refractivity contribution in [1.82, 2.24) is 5.32 Å². The summed E-state index contributed by atoms with van der Waals surface area (Å²) in [5, 5.41) is 2.64. The Kier molecular flexibility index (Phi) is 7.39. The molecule has 7 nitrogen and oxygen atoms in total. The van der Waals surface area contributed by atoms with E-state index in [1.807, 2.05) is 19.9 Å². The second-order valence-corrected chi connectivity index (χ2v) is 8.62. The molecule has 0 aliphatic heterocycles. The first-order chi connectivity index (χ1) is 13.6. The van der Waals surface area contributed by atoms with Crippen LogP contribution in [-0.2, 0) is 19.6 Å². The van der Waals surface area contributed by atoms with Gasteiger partial charge in [0.1, 0.15) is 10.6 Å². The molecule has 0 fully saturated rings. The van der Waals surface area contributed by atoms with Gasteiger partial charge in [0.2, 0.25) is 0 Å². The molecule has 0 aliphatic carbocycles. The van der Waals surface area contributed by atoms with E-state index in [9.17, 15) is 18.0 Å². The van der Waals surface area contributed by atoms with E-state index in [0.717, 1.165) is 5.56 Å². The maximum atomic E-state index is 12.5. The number of hydrogen-bond acceptors (Lipinski definition) is 6. The van der Waals surface area contributed by atoms with Gasteiger partial charge in [0.25, 0.3) is 5.91 Å². The minimum absolute atomic E-state index is 0.0668. The van der Waals surface area contributed by atoms with E-state index >= 15 is 0 Å². The van der Waals surface area contributed by atoms with Crippen LogP contribution < -0.4 is 9.50 Å². The molecule has 156 valence electrons. The average molecular weight is 419 g/mol. The van der Waals surface area contributed by atoms with Crippen LogP contribution >= 0.6 is 0 Å². The molecule has 0 heterocycles. The largest absolute Gasteiger partial charge is 0.452 e. The zero-order valence-corrected chi connectivity index (χ0v) is 17.7. The lowest BCUT2D eigenvalue weighted by Gasteiger charge is -2.11. The molecule has 0 unspecified atom stereocenters. The Labute approximate surface area is 171 Å². The van der Waals surface area contributed by atoms with Gasteiger partial charge in [-0.1, -0.05) is 26.0 Å². The molecule has 0 aliphatic rings. The molecule has 2 rings (SSSR count). The minimum atomic E-state index is -4.00. The van der Waals surface area contributed by atoms with Gasteiger partial charge in [0.15, 0.2) is 6.61 Å². The summed E-state index contributed by atoms with van der Waals surface area (Å²) in [6, 6.07) is 10.5. The van der Waals surface area contributed by atoms with Crippen LogP contribution in [-0.4, -0.2) is 33.4 Å². The summed E-state index contributed by atoms with van der Waals surface area (Å²) >= 11 is 0. The van der Waals surface area contributed by atoms with E-state index in [2.05, 4.69) is 5.32 Å². The molecule has 1 amide bonds. The van der Waals surface area contributed by atoms with E-state index in [1.165, 1.54) is 24.3 Å². The molecule has 0 spiro atoms. The SMILES string of the molecule is Cc1ccc(C)c(S(=O)(=O)Oc2ccc(C(=O)OCC(=O)NCC(C)C)cc2)c1. The van der Waals surface area contributed by atoms with Crippen LogP contribution in [0.4, 0.5) is 0 Å². The van der Waals surface area contributed by atoms with Gasteiger partial charge in [0, 0.05) is 6.54 Å². The molecule has 29 heavy (non-hydrogen) atoms. The van der Waals surface area contributed by atoms with Crippen molar-refractivity contribution >= 4 is 22.0 Å². The van der Waals surface area contributed by atoms with Crippen molar-refractivity contribution in [1.29, 1.82) is 0 Å². The number of amides is 1. The summed E-state index contributed by atoms with van der Waals surface area (Å²) in [6.45, 7) is 7.50. The Balaban J connectivity index is 2.00. The number of nitrogens with one attached hydrogen (secondary N) is 1. The number of rotatable bonds is 8. The van der Waals surface area contributed by atoms with Gasteiger partial charge in [-0.2, -0.15) is 8.42 Å². The molecule has 8 heteroatoms. The smallest absolute Gasteiger partial charge is 0.339 e. The first kappa shape index (κ1) is 22.4. The van der Waals surface area contributed by atoms with Gasteiger partial charge < -0.3 is 14.2 Å². The van der Waals surface area contributed by atoms with E-state index in [-0.39, 0.29) is 28.7 Å². The van der Waals surface area contributed by atoms with Crippen LogP contribution in [0, 0.1) is 19.8 Å². The van der Waals surface area contributed by atoms with E-state index in [1.54, 1.807) is 26.0 Å². The van der Waals surface area contributed by atoms with Crippen molar-refractivity contribution in [3.63, 3.8) is 0 Å². The molecule has 0 aromatic heterocycles. The van der Waals surface area contributed by atoms with Crippen molar-refractivity contribution in [3.8, 4) is 5.75 Å². The molecule has 1 N–H and O–H groups in total. The maximum absolute atomic E-state index is 12.5. The number of carbonyl (C=O) groups is 2.